The van der Waals surface area contributed by atoms with E-state index in [0.717, 1.165) is 0 Å². The Morgan fingerprint density at radius 2 is 1.74 bits per heavy atom. The maximum atomic E-state index is 13.5. The largest absolute Gasteiger partial charge is 0.450 e. The Morgan fingerprint density at radius 3 is 2.38 bits per heavy atom. The predicted molar refractivity (Wildman–Crippen MR) is 140 cm³/mol. The van der Waals surface area contributed by atoms with E-state index >= 15 is 0 Å². The van der Waals surface area contributed by atoms with Crippen LogP contribution >= 0.6 is 0 Å². The Labute approximate surface area is 230 Å². The number of nitrogens with zero attached hydrogens (tertiary/aromatic N) is 1. The summed E-state index contributed by atoms with van der Waals surface area (Å²) >= 11 is 0. The van der Waals surface area contributed by atoms with E-state index < -0.39 is 41.7 Å². The highest BCUT2D eigenvalue weighted by molar-refractivity contribution is 5.92. The van der Waals surface area contributed by atoms with Crippen LogP contribution in [0.15, 0.2) is 0 Å². The summed E-state index contributed by atoms with van der Waals surface area (Å²) in [7, 11) is 0. The van der Waals surface area contributed by atoms with E-state index in [-0.39, 0.29) is 50.0 Å². The molecule has 2 rings (SSSR count). The molecule has 0 spiro atoms. The third-order valence-corrected chi connectivity index (χ3v) is 6.90. The van der Waals surface area contributed by atoms with Gasteiger partial charge in [-0.15, -0.1) is 0 Å². The third-order valence-electron chi connectivity index (χ3n) is 6.90. The molecule has 2 heterocycles. The fraction of sp³-hybridized carbons (Fsp3) is 0.808. The number of hydrogen-bond donors (Lipinski definition) is 5. The van der Waals surface area contributed by atoms with E-state index in [4.69, 9.17) is 9.47 Å². The topological polar surface area (TPSA) is 175 Å². The molecule has 0 radical (unpaired) electrons. The van der Waals surface area contributed by atoms with Crippen LogP contribution in [0.3, 0.4) is 0 Å². The number of hydrogen-bond acceptors (Lipinski definition) is 8. The van der Waals surface area contributed by atoms with E-state index in [1.807, 2.05) is 27.7 Å². The lowest BCUT2D eigenvalue weighted by molar-refractivity contribution is -0.144. The van der Waals surface area contributed by atoms with Crippen LogP contribution < -0.4 is 21.4 Å². The first-order valence-electron chi connectivity index (χ1n) is 13.9. The minimum absolute atomic E-state index is 0.0436. The Hall–Kier alpha value is -2.93. The monoisotopic (exact) mass is 555 g/mol. The minimum atomic E-state index is -0.947. The van der Waals surface area contributed by atoms with Crippen LogP contribution in [-0.4, -0.2) is 90.9 Å². The van der Waals surface area contributed by atoms with Crippen molar-refractivity contribution in [3.63, 3.8) is 0 Å². The van der Waals surface area contributed by atoms with Gasteiger partial charge in [0.15, 0.2) is 0 Å². The highest BCUT2D eigenvalue weighted by atomic mass is 16.5. The zero-order valence-electron chi connectivity index (χ0n) is 23.5. The van der Waals surface area contributed by atoms with Crippen molar-refractivity contribution < 1.29 is 38.7 Å². The molecular weight excluding hydrogens is 510 g/mol. The second-order valence-electron chi connectivity index (χ2n) is 10.9. The number of ether oxygens (including phenoxy) is 2. The van der Waals surface area contributed by atoms with Crippen molar-refractivity contribution in [2.24, 2.45) is 17.8 Å². The Morgan fingerprint density at radius 1 is 1.05 bits per heavy atom. The van der Waals surface area contributed by atoms with Gasteiger partial charge in [-0.05, 0) is 58.3 Å². The number of amides is 5. The van der Waals surface area contributed by atoms with E-state index in [9.17, 15) is 29.2 Å². The lowest BCUT2D eigenvalue weighted by Gasteiger charge is -2.35. The summed E-state index contributed by atoms with van der Waals surface area (Å²) < 4.78 is 10.8. The molecule has 2 saturated heterocycles. The summed E-state index contributed by atoms with van der Waals surface area (Å²) in [5.74, 6) is -3.63. The Kier molecular flexibility index (Phi) is 13.4. The third kappa shape index (κ3) is 11.0. The predicted octanol–water partition coefficient (Wildman–Crippen LogP) is 0.697. The first-order valence-corrected chi connectivity index (χ1v) is 13.9. The summed E-state index contributed by atoms with van der Waals surface area (Å²) in [4.78, 5) is 65.6. The SMILES string of the molecule is CC(C)C[C@H]1C(=O)N[C@H](C(=O)NCC(=O)N2CC(C)OC(C)C2)CCCCNC(=O)OCCC[C@@H]1C(=O)NO. The van der Waals surface area contributed by atoms with Gasteiger partial charge in [0.25, 0.3) is 0 Å². The van der Waals surface area contributed by atoms with Crippen molar-refractivity contribution in [1.82, 2.24) is 26.3 Å². The molecule has 39 heavy (non-hydrogen) atoms. The second-order valence-corrected chi connectivity index (χ2v) is 10.9. The van der Waals surface area contributed by atoms with Crippen LogP contribution in [0.4, 0.5) is 4.79 Å². The number of carbonyl (C=O) groups is 5. The zero-order chi connectivity index (χ0) is 28.9. The average molecular weight is 556 g/mol. The summed E-state index contributed by atoms with van der Waals surface area (Å²) in [6.07, 6.45) is 1.34. The Bertz CT molecular complexity index is 844. The highest BCUT2D eigenvalue weighted by Crippen LogP contribution is 2.26. The van der Waals surface area contributed by atoms with Gasteiger partial charge in [0.2, 0.25) is 23.6 Å². The number of rotatable bonds is 6. The first-order chi connectivity index (χ1) is 18.5. The fourth-order valence-corrected chi connectivity index (χ4v) is 5.07. The van der Waals surface area contributed by atoms with Crippen molar-refractivity contribution in [3.05, 3.63) is 0 Å². The van der Waals surface area contributed by atoms with Crippen LogP contribution in [0, 0.1) is 17.8 Å². The average Bonchev–Trinajstić information content (AvgIpc) is 2.88. The van der Waals surface area contributed by atoms with Gasteiger partial charge >= 0.3 is 6.09 Å². The number of morpholine rings is 1. The molecule has 13 heteroatoms. The Balaban J connectivity index is 2.18. The van der Waals surface area contributed by atoms with Gasteiger partial charge in [-0.2, -0.15) is 0 Å². The molecular formula is C26H45N5O8. The molecule has 0 bridgehead atoms. The summed E-state index contributed by atoms with van der Waals surface area (Å²) in [5, 5.41) is 17.4. The second kappa shape index (κ2) is 16.2. The van der Waals surface area contributed by atoms with Gasteiger partial charge in [0.1, 0.15) is 6.04 Å². The van der Waals surface area contributed by atoms with Crippen molar-refractivity contribution in [2.75, 3.05) is 32.8 Å². The van der Waals surface area contributed by atoms with Gasteiger partial charge in [-0.3, -0.25) is 24.4 Å². The van der Waals surface area contributed by atoms with Gasteiger partial charge in [-0.1, -0.05) is 13.8 Å². The van der Waals surface area contributed by atoms with Crippen molar-refractivity contribution in [1.29, 1.82) is 0 Å². The molecule has 13 nitrogen and oxygen atoms in total. The van der Waals surface area contributed by atoms with Crippen molar-refractivity contribution >= 4 is 29.7 Å². The van der Waals surface area contributed by atoms with E-state index in [1.54, 1.807) is 10.4 Å². The lowest BCUT2D eigenvalue weighted by Crippen LogP contribution is -2.54. The van der Waals surface area contributed by atoms with Gasteiger partial charge in [-0.25, -0.2) is 10.3 Å². The number of carbonyl (C=O) groups excluding carboxylic acids is 5. The lowest BCUT2D eigenvalue weighted by atomic mass is 9.81. The molecule has 222 valence electrons. The number of alkyl carbamates (subject to hydrolysis) is 1. The molecule has 0 saturated carbocycles. The standard InChI is InChI=1S/C26H45N5O8/c1-16(2)12-20-19(24(34)30-37)8-7-11-38-26(36)27-10-6-5-9-21(29-23(20)33)25(35)28-13-22(32)31-14-17(3)39-18(4)15-31/h16-21,37H,5-15H2,1-4H3,(H,27,36)(H,28,35)(H,29,33)(H,30,34)/t17?,18?,19-,20+,21-/m0/s1. The molecule has 2 unspecified atom stereocenters. The minimum Gasteiger partial charge on any atom is -0.450 e. The molecule has 5 N–H and O–H groups in total. The van der Waals surface area contributed by atoms with Crippen LogP contribution in [0.2, 0.25) is 0 Å². The molecule has 0 aliphatic carbocycles. The van der Waals surface area contributed by atoms with Gasteiger partial charge in [0.05, 0.1) is 31.3 Å². The molecule has 0 aromatic rings. The molecule has 0 aromatic heterocycles. The van der Waals surface area contributed by atoms with Crippen LogP contribution in [0.5, 0.6) is 0 Å². The molecule has 2 aliphatic rings. The van der Waals surface area contributed by atoms with Gasteiger partial charge < -0.3 is 30.3 Å². The van der Waals surface area contributed by atoms with E-state index in [2.05, 4.69) is 16.0 Å². The quantitative estimate of drug-likeness (QED) is 0.235. The van der Waals surface area contributed by atoms with Crippen LogP contribution in [0.25, 0.3) is 0 Å². The highest BCUT2D eigenvalue weighted by Gasteiger charge is 2.36. The van der Waals surface area contributed by atoms with Crippen molar-refractivity contribution in [2.45, 2.75) is 84.5 Å². The molecule has 2 fully saturated rings. The van der Waals surface area contributed by atoms with E-state index in [0.29, 0.717) is 45.3 Å². The molecule has 5 amide bonds. The number of cyclic esters (lactones) is 1. The maximum Gasteiger partial charge on any atom is 0.407 e. The van der Waals surface area contributed by atoms with Crippen LogP contribution in [-0.2, 0) is 28.7 Å². The molecule has 2 aliphatic heterocycles. The van der Waals surface area contributed by atoms with Gasteiger partial charge in [0, 0.05) is 25.6 Å². The molecule has 5 atom stereocenters. The first kappa shape index (κ1) is 32.3. The number of hydroxylamine groups is 1. The maximum absolute atomic E-state index is 13.5. The fourth-order valence-electron chi connectivity index (χ4n) is 5.07. The summed E-state index contributed by atoms with van der Waals surface area (Å²) in [6.45, 7) is 8.61. The summed E-state index contributed by atoms with van der Waals surface area (Å²) in [5.41, 5.74) is 1.65. The smallest absolute Gasteiger partial charge is 0.407 e. The molecule has 0 aromatic carbocycles. The van der Waals surface area contributed by atoms with E-state index in [1.165, 1.54) is 0 Å². The number of nitrogens with one attached hydrogen (secondary N) is 4. The normalized spacial score (nSPS) is 27.7. The zero-order valence-corrected chi connectivity index (χ0v) is 23.5. The van der Waals surface area contributed by atoms with Crippen molar-refractivity contribution in [3.8, 4) is 0 Å². The van der Waals surface area contributed by atoms with Crippen LogP contribution in [0.1, 0.15) is 66.2 Å². The summed E-state index contributed by atoms with van der Waals surface area (Å²) in [6, 6.07) is -0.947.